The zero-order chi connectivity index (χ0) is 14.1. The number of carboxylic acid groups (broad SMARTS) is 1. The Bertz CT molecular complexity index is 780. The summed E-state index contributed by atoms with van der Waals surface area (Å²) in [6.45, 7) is -0.189. The van der Waals surface area contributed by atoms with Gasteiger partial charge < -0.3 is 10.4 Å². The number of hydrogen-bond donors (Lipinski definition) is 2. The Balaban J connectivity index is 1.84. The molecule has 0 aliphatic rings. The summed E-state index contributed by atoms with van der Waals surface area (Å²) in [5.74, 6) is -0.541. The van der Waals surface area contributed by atoms with Gasteiger partial charge >= 0.3 is 5.97 Å². The van der Waals surface area contributed by atoms with Crippen LogP contribution in [-0.2, 0) is 11.3 Å². The second kappa shape index (κ2) is 4.93. The van der Waals surface area contributed by atoms with Crippen LogP contribution in [0.4, 0.5) is 11.6 Å². The van der Waals surface area contributed by atoms with Crippen molar-refractivity contribution in [1.82, 2.24) is 24.4 Å². The van der Waals surface area contributed by atoms with Crippen molar-refractivity contribution in [2.24, 2.45) is 0 Å². The van der Waals surface area contributed by atoms with Crippen LogP contribution in [0.15, 0.2) is 35.2 Å². The molecule has 0 atom stereocenters. The van der Waals surface area contributed by atoms with Crippen molar-refractivity contribution in [2.45, 2.75) is 6.54 Å². The van der Waals surface area contributed by atoms with E-state index < -0.39 is 5.97 Å². The summed E-state index contributed by atoms with van der Waals surface area (Å²) in [5, 5.41) is 19.8. The number of hydrogen-bond acceptors (Lipinski definition) is 5. The van der Waals surface area contributed by atoms with Crippen LogP contribution in [0.2, 0.25) is 0 Å². The smallest absolute Gasteiger partial charge is 0.325 e. The van der Waals surface area contributed by atoms with Crippen LogP contribution >= 0.6 is 15.9 Å². The van der Waals surface area contributed by atoms with Crippen molar-refractivity contribution < 1.29 is 9.90 Å². The van der Waals surface area contributed by atoms with Gasteiger partial charge in [-0.1, -0.05) is 0 Å². The molecule has 3 heterocycles. The van der Waals surface area contributed by atoms with Crippen LogP contribution in [0.3, 0.4) is 0 Å². The number of nitrogens with zero attached hydrogens (tertiary/aromatic N) is 5. The lowest BCUT2D eigenvalue weighted by Gasteiger charge is -1.95. The van der Waals surface area contributed by atoms with E-state index in [1.807, 2.05) is 12.1 Å². The van der Waals surface area contributed by atoms with Gasteiger partial charge in [0.2, 0.25) is 5.95 Å². The van der Waals surface area contributed by atoms with E-state index in [0.29, 0.717) is 17.3 Å². The minimum absolute atomic E-state index is 0.189. The van der Waals surface area contributed by atoms with E-state index in [9.17, 15) is 4.79 Å². The summed E-state index contributed by atoms with van der Waals surface area (Å²) in [4.78, 5) is 14.9. The number of aliphatic carboxylic acids is 1. The highest BCUT2D eigenvalue weighted by Gasteiger charge is 2.08. The molecular weight excluding hydrogens is 328 g/mol. The Morgan fingerprint density at radius 1 is 1.50 bits per heavy atom. The zero-order valence-electron chi connectivity index (χ0n) is 10.1. The van der Waals surface area contributed by atoms with Gasteiger partial charge in [0.25, 0.3) is 0 Å². The molecule has 0 saturated heterocycles. The molecule has 0 aliphatic heterocycles. The monoisotopic (exact) mass is 336 g/mol. The highest BCUT2D eigenvalue weighted by Crippen LogP contribution is 2.18. The predicted molar refractivity (Wildman–Crippen MR) is 73.8 cm³/mol. The van der Waals surface area contributed by atoms with Gasteiger partial charge in [-0.15, -0.1) is 5.10 Å². The van der Waals surface area contributed by atoms with Crippen molar-refractivity contribution in [3.63, 3.8) is 0 Å². The number of aromatic nitrogens is 5. The lowest BCUT2D eigenvalue weighted by Crippen LogP contribution is -2.08. The Morgan fingerprint density at radius 3 is 3.10 bits per heavy atom. The fraction of sp³-hybridized carbons (Fsp3) is 0.0909. The minimum Gasteiger partial charge on any atom is -0.480 e. The largest absolute Gasteiger partial charge is 0.480 e. The number of nitrogens with one attached hydrogen (secondary N) is 1. The summed E-state index contributed by atoms with van der Waals surface area (Å²) < 4.78 is 3.78. The molecule has 102 valence electrons. The van der Waals surface area contributed by atoms with Gasteiger partial charge in [0.1, 0.15) is 6.54 Å². The Morgan fingerprint density at radius 2 is 2.35 bits per heavy atom. The van der Waals surface area contributed by atoms with E-state index >= 15 is 0 Å². The van der Waals surface area contributed by atoms with Gasteiger partial charge in [-0.05, 0) is 28.1 Å². The minimum atomic E-state index is -0.950. The van der Waals surface area contributed by atoms with Gasteiger partial charge in [0.05, 0.1) is 16.4 Å². The molecule has 8 nitrogen and oxygen atoms in total. The van der Waals surface area contributed by atoms with E-state index in [1.165, 1.54) is 10.9 Å². The lowest BCUT2D eigenvalue weighted by molar-refractivity contribution is -0.137. The van der Waals surface area contributed by atoms with Crippen LogP contribution in [0.5, 0.6) is 0 Å². The summed E-state index contributed by atoms with van der Waals surface area (Å²) in [6, 6.07) is 3.72. The van der Waals surface area contributed by atoms with Crippen LogP contribution < -0.4 is 5.32 Å². The zero-order valence-corrected chi connectivity index (χ0v) is 11.6. The average Bonchev–Trinajstić information content (AvgIpc) is 2.96. The maximum absolute atomic E-state index is 10.6. The highest BCUT2D eigenvalue weighted by molar-refractivity contribution is 9.10. The van der Waals surface area contributed by atoms with E-state index in [-0.39, 0.29) is 6.54 Å². The molecule has 0 spiro atoms. The summed E-state index contributed by atoms with van der Waals surface area (Å²) >= 11 is 3.39. The molecule has 20 heavy (non-hydrogen) atoms. The summed E-state index contributed by atoms with van der Waals surface area (Å²) in [6.07, 6.45) is 4.88. The molecule has 0 radical (unpaired) electrons. The number of fused-ring (bicyclic) bond motifs is 1. The van der Waals surface area contributed by atoms with Crippen molar-refractivity contribution in [2.75, 3.05) is 5.32 Å². The first-order valence-corrected chi connectivity index (χ1v) is 6.43. The molecule has 0 aliphatic carbocycles. The van der Waals surface area contributed by atoms with Gasteiger partial charge in [-0.2, -0.15) is 10.1 Å². The van der Waals surface area contributed by atoms with Crippen LogP contribution in [-0.4, -0.2) is 35.5 Å². The first-order valence-electron chi connectivity index (χ1n) is 5.64. The Labute approximate surface area is 121 Å². The van der Waals surface area contributed by atoms with Crippen LogP contribution in [0, 0.1) is 0 Å². The van der Waals surface area contributed by atoms with Crippen molar-refractivity contribution in [3.8, 4) is 0 Å². The molecule has 0 amide bonds. The van der Waals surface area contributed by atoms with E-state index in [4.69, 9.17) is 5.11 Å². The average molecular weight is 337 g/mol. The molecule has 0 unspecified atom stereocenters. The number of rotatable bonds is 4. The fourth-order valence-corrected chi connectivity index (χ4v) is 2.13. The quantitative estimate of drug-likeness (QED) is 0.749. The topological polar surface area (TPSA) is 97.3 Å². The summed E-state index contributed by atoms with van der Waals surface area (Å²) in [5.41, 5.74) is 1.31. The van der Waals surface area contributed by atoms with Crippen molar-refractivity contribution in [1.29, 1.82) is 0 Å². The number of carbonyl (C=O) groups is 1. The molecule has 0 fully saturated rings. The predicted octanol–water partition coefficient (Wildman–Crippen LogP) is 1.52. The SMILES string of the molecule is O=C(O)Cn1cc(Nc2nc3c(Br)cccn3n2)cn1. The van der Waals surface area contributed by atoms with Gasteiger partial charge in [-0.3, -0.25) is 9.48 Å². The van der Waals surface area contributed by atoms with E-state index in [1.54, 1.807) is 16.9 Å². The number of carboxylic acids is 1. The van der Waals surface area contributed by atoms with Gasteiger partial charge in [-0.25, -0.2) is 4.52 Å². The standard InChI is InChI=1S/C11H9BrN6O2/c12-8-2-1-3-18-10(8)15-11(16-18)14-7-4-13-17(5-7)6-9(19)20/h1-5H,6H2,(H,14,16)(H,19,20). The number of anilines is 2. The normalized spacial score (nSPS) is 10.8. The van der Waals surface area contributed by atoms with Crippen molar-refractivity contribution in [3.05, 3.63) is 35.2 Å². The van der Waals surface area contributed by atoms with Gasteiger partial charge in [0, 0.05) is 12.4 Å². The van der Waals surface area contributed by atoms with Crippen LogP contribution in [0.25, 0.3) is 5.65 Å². The molecular formula is C11H9BrN6O2. The third kappa shape index (κ3) is 2.48. The number of pyridine rings is 1. The molecule has 3 rings (SSSR count). The maximum Gasteiger partial charge on any atom is 0.325 e. The molecule has 0 aromatic carbocycles. The van der Waals surface area contributed by atoms with Crippen LogP contribution in [0.1, 0.15) is 0 Å². The Hall–Kier alpha value is -2.42. The second-order valence-corrected chi connectivity index (χ2v) is 4.86. The molecule has 3 aromatic rings. The molecule has 3 aromatic heterocycles. The fourth-order valence-electron chi connectivity index (χ4n) is 1.71. The molecule has 9 heteroatoms. The maximum atomic E-state index is 10.6. The Kier molecular flexibility index (Phi) is 3.11. The van der Waals surface area contributed by atoms with E-state index in [2.05, 4.69) is 36.4 Å². The van der Waals surface area contributed by atoms with E-state index in [0.717, 1.165) is 4.47 Å². The highest BCUT2D eigenvalue weighted by atomic mass is 79.9. The van der Waals surface area contributed by atoms with Gasteiger partial charge in [0.15, 0.2) is 5.65 Å². The number of halogens is 1. The van der Waals surface area contributed by atoms with Crippen molar-refractivity contribution >= 4 is 39.2 Å². The third-order valence-corrected chi connectivity index (χ3v) is 3.12. The first-order chi connectivity index (χ1) is 9.61. The third-order valence-electron chi connectivity index (χ3n) is 2.50. The molecule has 2 N–H and O–H groups in total. The second-order valence-electron chi connectivity index (χ2n) is 4.01. The lowest BCUT2D eigenvalue weighted by atomic mass is 10.5. The first kappa shape index (κ1) is 12.6. The summed E-state index contributed by atoms with van der Waals surface area (Å²) in [7, 11) is 0. The molecule has 0 bridgehead atoms. The molecule has 0 saturated carbocycles.